The van der Waals surface area contributed by atoms with E-state index in [1.54, 1.807) is 37.3 Å². The summed E-state index contributed by atoms with van der Waals surface area (Å²) in [7, 11) is 0. The molecule has 0 spiro atoms. The van der Waals surface area contributed by atoms with E-state index >= 15 is 0 Å². The van der Waals surface area contributed by atoms with Crippen LogP contribution >= 0.6 is 23.4 Å². The van der Waals surface area contributed by atoms with Gasteiger partial charge in [0.25, 0.3) is 11.1 Å². The third kappa shape index (κ3) is 4.19. The van der Waals surface area contributed by atoms with Crippen molar-refractivity contribution >= 4 is 34.3 Å². The Morgan fingerprint density at radius 3 is 2.55 bits per heavy atom. The number of H-pyrrole nitrogens is 2. The number of nitrogens with one attached hydrogen (secondary N) is 2. The molecule has 156 valence electrons. The van der Waals surface area contributed by atoms with Crippen LogP contribution < -0.4 is 11.1 Å². The maximum atomic E-state index is 14.1. The number of allylic oxidation sites excluding steroid dienone is 1. The molecule has 0 aliphatic heterocycles. The summed E-state index contributed by atoms with van der Waals surface area (Å²) >= 11 is 7.05. The van der Waals surface area contributed by atoms with Gasteiger partial charge in [0.2, 0.25) is 0 Å². The van der Waals surface area contributed by atoms with Gasteiger partial charge in [0.1, 0.15) is 5.82 Å². The summed E-state index contributed by atoms with van der Waals surface area (Å²) in [6.45, 7) is 5.39. The van der Waals surface area contributed by atoms with Crippen molar-refractivity contribution in [3.8, 4) is 11.1 Å². The highest BCUT2D eigenvalue weighted by atomic mass is 35.5. The van der Waals surface area contributed by atoms with Crippen molar-refractivity contribution in [3.63, 3.8) is 0 Å². The second kappa shape index (κ2) is 8.53. The van der Waals surface area contributed by atoms with Gasteiger partial charge in [-0.15, -0.1) is 6.58 Å². The molecule has 0 fully saturated rings. The van der Waals surface area contributed by atoms with Gasteiger partial charge in [0.05, 0.1) is 4.90 Å². The number of aryl methyl sites for hydroxylation is 1. The minimum absolute atomic E-state index is 0.270. The predicted molar refractivity (Wildman–Crippen MR) is 123 cm³/mol. The molecule has 31 heavy (non-hydrogen) atoms. The minimum atomic E-state index is -0.429. The molecular formula is C23H17ClFN3O2S. The molecule has 5 nitrogen and oxygen atoms in total. The molecule has 0 radical (unpaired) electrons. The molecule has 0 aliphatic carbocycles. The Morgan fingerprint density at radius 2 is 1.87 bits per heavy atom. The average Bonchev–Trinajstić information content (AvgIpc) is 2.73. The number of aromatic amines is 2. The Bertz CT molecular complexity index is 1430. The van der Waals surface area contributed by atoms with Crippen LogP contribution in [0.5, 0.6) is 0 Å². The quantitative estimate of drug-likeness (QED) is 0.319. The number of halogens is 2. The summed E-state index contributed by atoms with van der Waals surface area (Å²) in [4.78, 5) is 35.7. The minimum Gasteiger partial charge on any atom is -0.321 e. The Hall–Kier alpha value is -3.16. The van der Waals surface area contributed by atoms with E-state index in [1.165, 1.54) is 18.2 Å². The second-order valence-electron chi connectivity index (χ2n) is 6.88. The van der Waals surface area contributed by atoms with Crippen LogP contribution in [0.3, 0.4) is 0 Å². The van der Waals surface area contributed by atoms with Crippen LogP contribution in [-0.2, 0) is 6.42 Å². The fourth-order valence-corrected chi connectivity index (χ4v) is 4.48. The monoisotopic (exact) mass is 453 g/mol. The van der Waals surface area contributed by atoms with Crippen LogP contribution in [0.4, 0.5) is 4.39 Å². The highest BCUT2D eigenvalue weighted by Crippen LogP contribution is 2.37. The van der Waals surface area contributed by atoms with E-state index in [2.05, 4.69) is 21.5 Å². The number of hydrogen-bond donors (Lipinski definition) is 2. The van der Waals surface area contributed by atoms with Crippen molar-refractivity contribution in [1.82, 2.24) is 15.0 Å². The summed E-state index contributed by atoms with van der Waals surface area (Å²) in [5.74, 6) is -0.429. The maximum Gasteiger partial charge on any atom is 0.263 e. The van der Waals surface area contributed by atoms with Crippen LogP contribution in [0.15, 0.2) is 74.8 Å². The van der Waals surface area contributed by atoms with Crippen molar-refractivity contribution in [2.45, 2.75) is 23.4 Å². The first-order valence-electron chi connectivity index (χ1n) is 9.37. The Morgan fingerprint density at radius 1 is 1.13 bits per heavy atom. The molecule has 4 aromatic rings. The summed E-state index contributed by atoms with van der Waals surface area (Å²) < 4.78 is 14.1. The molecule has 0 bridgehead atoms. The number of nitrogens with zero attached hydrogens (tertiary/aromatic N) is 1. The van der Waals surface area contributed by atoms with Gasteiger partial charge in [0, 0.05) is 32.7 Å². The van der Waals surface area contributed by atoms with Crippen LogP contribution in [-0.4, -0.2) is 15.0 Å². The lowest BCUT2D eigenvalue weighted by Gasteiger charge is -2.13. The van der Waals surface area contributed by atoms with Gasteiger partial charge in [-0.1, -0.05) is 29.8 Å². The van der Waals surface area contributed by atoms with E-state index in [1.807, 2.05) is 0 Å². The first kappa shape index (κ1) is 21.1. The van der Waals surface area contributed by atoms with Crippen molar-refractivity contribution in [1.29, 1.82) is 0 Å². The molecule has 4 rings (SSSR count). The molecule has 2 aromatic carbocycles. The second-order valence-corrected chi connectivity index (χ2v) is 8.32. The lowest BCUT2D eigenvalue weighted by atomic mass is 10.0. The highest BCUT2D eigenvalue weighted by molar-refractivity contribution is 7.99. The SMILES string of the molecule is C=CCc1c(C)nc(Sc2c(-c3ccc(Cl)cc3)c3cc(F)ccc3[nH]c2=O)[nH]c1=O. The first-order valence-corrected chi connectivity index (χ1v) is 10.6. The lowest BCUT2D eigenvalue weighted by Crippen LogP contribution is -2.17. The van der Waals surface area contributed by atoms with Gasteiger partial charge in [0.15, 0.2) is 5.16 Å². The van der Waals surface area contributed by atoms with Gasteiger partial charge < -0.3 is 9.97 Å². The Balaban J connectivity index is 1.96. The number of fused-ring (bicyclic) bond motifs is 1. The zero-order chi connectivity index (χ0) is 22.1. The number of pyridine rings is 1. The third-order valence-electron chi connectivity index (χ3n) is 4.81. The van der Waals surface area contributed by atoms with Crippen LogP contribution in [0.1, 0.15) is 11.3 Å². The number of rotatable bonds is 5. The molecule has 0 saturated carbocycles. The van der Waals surface area contributed by atoms with Gasteiger partial charge in [-0.05, 0) is 61.0 Å². The Kier molecular flexibility index (Phi) is 5.80. The van der Waals surface area contributed by atoms with Gasteiger partial charge in [-0.2, -0.15) is 0 Å². The average molecular weight is 454 g/mol. The molecule has 8 heteroatoms. The zero-order valence-electron chi connectivity index (χ0n) is 16.5. The molecule has 0 saturated heterocycles. The lowest BCUT2D eigenvalue weighted by molar-refractivity contribution is 0.629. The molecule has 0 unspecified atom stereocenters. The van der Waals surface area contributed by atoms with Crippen molar-refractivity contribution in [2.24, 2.45) is 0 Å². The van der Waals surface area contributed by atoms with E-state index in [-0.39, 0.29) is 16.3 Å². The van der Waals surface area contributed by atoms with Crippen molar-refractivity contribution in [3.05, 3.63) is 97.9 Å². The molecule has 2 N–H and O–H groups in total. The summed E-state index contributed by atoms with van der Waals surface area (Å²) in [5.41, 5.74) is 2.15. The standard InChI is InChI=1S/C23H17ClFN3O2S/c1-3-4-16-12(2)26-23(28-21(16)29)31-20-19(13-5-7-14(24)8-6-13)17-11-15(25)9-10-18(17)27-22(20)30/h3,5-11H,1,4H2,2H3,(H,27,30)(H,26,28,29). The molecule has 0 aliphatic rings. The summed E-state index contributed by atoms with van der Waals surface area (Å²) in [6.07, 6.45) is 2.03. The van der Waals surface area contributed by atoms with E-state index in [0.29, 0.717) is 49.6 Å². The fourth-order valence-electron chi connectivity index (χ4n) is 3.36. The van der Waals surface area contributed by atoms with E-state index in [4.69, 9.17) is 11.6 Å². The van der Waals surface area contributed by atoms with Gasteiger partial charge in [-0.3, -0.25) is 9.59 Å². The topological polar surface area (TPSA) is 78.6 Å². The molecule has 2 heterocycles. The molecule has 0 atom stereocenters. The smallest absolute Gasteiger partial charge is 0.263 e. The highest BCUT2D eigenvalue weighted by Gasteiger charge is 2.18. The summed E-state index contributed by atoms with van der Waals surface area (Å²) in [5, 5.41) is 1.34. The number of hydrogen-bond acceptors (Lipinski definition) is 4. The Labute approximate surface area is 186 Å². The van der Waals surface area contributed by atoms with Crippen LogP contribution in [0.2, 0.25) is 5.02 Å². The molecular weight excluding hydrogens is 437 g/mol. The first-order chi connectivity index (χ1) is 14.9. The van der Waals surface area contributed by atoms with Crippen molar-refractivity contribution in [2.75, 3.05) is 0 Å². The van der Waals surface area contributed by atoms with Gasteiger partial charge >= 0.3 is 0 Å². The fraction of sp³-hybridized carbons (Fsp3) is 0.0870. The summed E-state index contributed by atoms with van der Waals surface area (Å²) in [6, 6.07) is 11.1. The van der Waals surface area contributed by atoms with E-state index < -0.39 is 5.82 Å². The molecule has 0 amide bonds. The van der Waals surface area contributed by atoms with E-state index in [9.17, 15) is 14.0 Å². The normalized spacial score (nSPS) is 11.1. The number of aromatic nitrogens is 3. The number of benzene rings is 2. The van der Waals surface area contributed by atoms with Crippen LogP contribution in [0.25, 0.3) is 22.0 Å². The van der Waals surface area contributed by atoms with Crippen LogP contribution in [0, 0.1) is 12.7 Å². The molecule has 2 aromatic heterocycles. The maximum absolute atomic E-state index is 14.1. The van der Waals surface area contributed by atoms with E-state index in [0.717, 1.165) is 11.8 Å². The largest absolute Gasteiger partial charge is 0.321 e. The van der Waals surface area contributed by atoms with Gasteiger partial charge in [-0.25, -0.2) is 9.37 Å². The predicted octanol–water partition coefficient (Wildman–Crippen LogP) is 5.26. The zero-order valence-corrected chi connectivity index (χ0v) is 18.0. The third-order valence-corrected chi connectivity index (χ3v) is 6.05. The van der Waals surface area contributed by atoms with Crippen molar-refractivity contribution < 1.29 is 4.39 Å².